The molecule has 18 heavy (non-hydrogen) atoms. The molecule has 1 nitrogen and oxygen atoms in total. The zero-order valence-corrected chi connectivity index (χ0v) is 11.7. The topological polar surface area (TPSA) is 9.23 Å². The van der Waals surface area contributed by atoms with Crippen molar-refractivity contribution < 1.29 is 4.52 Å². The van der Waals surface area contributed by atoms with Gasteiger partial charge in [0.2, 0.25) is 0 Å². The molecule has 1 atom stereocenters. The van der Waals surface area contributed by atoms with E-state index in [0.29, 0.717) is 0 Å². The van der Waals surface area contributed by atoms with Gasteiger partial charge in [-0.25, -0.2) is 0 Å². The number of rotatable bonds is 3. The molecule has 3 aromatic rings. The number of benzene rings is 2. The fraction of sp³-hybridized carbons (Fsp3) is 0.0667. The van der Waals surface area contributed by atoms with Crippen molar-refractivity contribution >= 4 is 34.9 Å². The van der Waals surface area contributed by atoms with Gasteiger partial charge < -0.3 is 4.52 Å². The Bertz CT molecular complexity index is 643. The van der Waals surface area contributed by atoms with Crippen LogP contribution in [0.1, 0.15) is 0 Å². The molecule has 1 aromatic heterocycles. The summed E-state index contributed by atoms with van der Waals surface area (Å²) in [5.41, 5.74) is 0. The highest BCUT2D eigenvalue weighted by molar-refractivity contribution is 7.67. The molecule has 0 N–H and O–H groups in total. The monoisotopic (exact) mass is 272 g/mol. The van der Waals surface area contributed by atoms with Gasteiger partial charge in [-0.2, -0.15) is 0 Å². The molecule has 1 unspecified atom stereocenters. The van der Waals surface area contributed by atoms with Crippen molar-refractivity contribution in [3.05, 3.63) is 60.0 Å². The molecule has 0 radical (unpaired) electrons. The maximum atomic E-state index is 6.15. The summed E-state index contributed by atoms with van der Waals surface area (Å²) in [6.45, 7) is 2.16. The van der Waals surface area contributed by atoms with E-state index in [2.05, 4.69) is 66.6 Å². The normalized spacial score (nSPS) is 12.5. The van der Waals surface area contributed by atoms with Gasteiger partial charge >= 0.3 is 0 Å². The molecule has 0 aliphatic heterocycles. The van der Waals surface area contributed by atoms with E-state index in [1.165, 1.54) is 15.4 Å². The largest absolute Gasteiger partial charge is 0.468 e. The van der Waals surface area contributed by atoms with Gasteiger partial charge in [-0.3, -0.25) is 0 Å². The first-order valence-electron chi connectivity index (χ1n) is 5.77. The van der Waals surface area contributed by atoms with Gasteiger partial charge in [-0.05, 0) is 29.6 Å². The Hall–Kier alpha value is -1.37. The lowest BCUT2D eigenvalue weighted by atomic mass is 10.1. The van der Waals surface area contributed by atoms with E-state index in [0.717, 1.165) is 5.75 Å². The molecule has 0 aliphatic carbocycles. The maximum Gasteiger partial charge on any atom is 0.131 e. The first-order valence-corrected chi connectivity index (χ1v) is 8.36. The molecule has 1 heterocycles. The van der Waals surface area contributed by atoms with E-state index in [4.69, 9.17) is 4.52 Å². The first-order chi connectivity index (χ1) is 8.84. The van der Waals surface area contributed by atoms with Gasteiger partial charge in [0.1, 0.15) is 13.9 Å². The zero-order valence-electron chi connectivity index (χ0n) is 10.0. The maximum absolute atomic E-state index is 6.15. The quantitative estimate of drug-likeness (QED) is 0.631. The van der Waals surface area contributed by atoms with E-state index in [1.54, 1.807) is 11.3 Å². The van der Waals surface area contributed by atoms with Crippen molar-refractivity contribution in [1.82, 2.24) is 0 Å². The number of hydrogen-bond donors (Lipinski definition) is 0. The minimum atomic E-state index is -0.570. The second-order valence-electron chi connectivity index (χ2n) is 4.02. The van der Waals surface area contributed by atoms with E-state index in [-0.39, 0.29) is 0 Å². The van der Waals surface area contributed by atoms with Crippen LogP contribution in [0.2, 0.25) is 0 Å². The average Bonchev–Trinajstić information content (AvgIpc) is 2.93. The lowest BCUT2D eigenvalue weighted by Gasteiger charge is -2.14. The highest BCUT2D eigenvalue weighted by Gasteiger charge is 2.10. The van der Waals surface area contributed by atoms with Gasteiger partial charge in [0.15, 0.2) is 0 Å². The predicted molar refractivity (Wildman–Crippen MR) is 81.4 cm³/mol. The Morgan fingerprint density at radius 2 is 1.78 bits per heavy atom. The number of hydrogen-bond acceptors (Lipinski definition) is 2. The molecule has 0 saturated heterocycles. The van der Waals surface area contributed by atoms with Crippen LogP contribution in [0.4, 0.5) is 0 Å². The van der Waals surface area contributed by atoms with Crippen LogP contribution in [-0.2, 0) is 0 Å². The Morgan fingerprint density at radius 1 is 0.944 bits per heavy atom. The first kappa shape index (κ1) is 11.7. The fourth-order valence-corrected chi connectivity index (χ4v) is 4.10. The van der Waals surface area contributed by atoms with Crippen LogP contribution in [-0.4, -0.2) is 6.66 Å². The summed E-state index contributed by atoms with van der Waals surface area (Å²) in [6.07, 6.45) is 0. The summed E-state index contributed by atoms with van der Waals surface area (Å²) in [4.78, 5) is 0. The van der Waals surface area contributed by atoms with Crippen molar-refractivity contribution in [1.29, 1.82) is 0 Å². The zero-order chi connectivity index (χ0) is 12.4. The van der Waals surface area contributed by atoms with Crippen LogP contribution in [0.5, 0.6) is 5.75 Å². The minimum Gasteiger partial charge on any atom is -0.468 e. The van der Waals surface area contributed by atoms with E-state index in [9.17, 15) is 0 Å². The summed E-state index contributed by atoms with van der Waals surface area (Å²) < 4.78 is 7.46. The van der Waals surface area contributed by atoms with Crippen LogP contribution in [0.15, 0.2) is 60.0 Å². The van der Waals surface area contributed by atoms with Crippen molar-refractivity contribution in [3.63, 3.8) is 0 Å². The lowest BCUT2D eigenvalue weighted by molar-refractivity contribution is 0.635. The molecule has 0 amide bonds. The summed E-state index contributed by atoms with van der Waals surface area (Å²) in [5, 5.41) is 4.51. The van der Waals surface area contributed by atoms with Crippen molar-refractivity contribution in [2.24, 2.45) is 0 Å². The van der Waals surface area contributed by atoms with Crippen molar-refractivity contribution in [3.8, 4) is 5.75 Å². The van der Waals surface area contributed by atoms with Gasteiger partial charge in [-0.1, -0.05) is 42.5 Å². The third-order valence-electron chi connectivity index (χ3n) is 2.80. The van der Waals surface area contributed by atoms with Crippen molar-refractivity contribution in [2.45, 2.75) is 0 Å². The molecular formula is C15H13OPS. The average molecular weight is 272 g/mol. The molecule has 3 heteroatoms. The number of thiophene rings is 1. The van der Waals surface area contributed by atoms with Gasteiger partial charge in [0.25, 0.3) is 0 Å². The smallest absolute Gasteiger partial charge is 0.131 e. The van der Waals surface area contributed by atoms with Gasteiger partial charge in [0, 0.05) is 5.39 Å². The molecule has 0 fully saturated rings. The van der Waals surface area contributed by atoms with Crippen LogP contribution >= 0.6 is 19.5 Å². The Kier molecular flexibility index (Phi) is 3.31. The van der Waals surface area contributed by atoms with E-state index in [1.807, 2.05) is 0 Å². The molecule has 0 saturated carbocycles. The summed E-state index contributed by atoms with van der Waals surface area (Å²) >= 11 is 1.76. The summed E-state index contributed by atoms with van der Waals surface area (Å²) in [7, 11) is -0.570. The predicted octanol–water partition coefficient (Wildman–Crippen LogP) is 4.63. The SMILES string of the molecule is CP(Oc1cccc2ccccc12)c1cccs1. The summed E-state index contributed by atoms with van der Waals surface area (Å²) in [5.74, 6) is 0.982. The second-order valence-corrected chi connectivity index (χ2v) is 6.93. The number of fused-ring (bicyclic) bond motifs is 1. The van der Waals surface area contributed by atoms with E-state index >= 15 is 0 Å². The molecule has 0 spiro atoms. The van der Waals surface area contributed by atoms with Crippen LogP contribution in [0.3, 0.4) is 0 Å². The summed E-state index contributed by atoms with van der Waals surface area (Å²) in [6, 6.07) is 18.8. The highest BCUT2D eigenvalue weighted by Crippen LogP contribution is 2.38. The Balaban J connectivity index is 1.95. The third-order valence-corrected chi connectivity index (χ3v) is 5.80. The Morgan fingerprint density at radius 3 is 2.61 bits per heavy atom. The standard InChI is InChI=1S/C15H13OPS/c1-17(15-10-5-11-18-15)16-14-9-4-7-12-6-2-3-8-13(12)14/h2-11H,1H3. The molecule has 90 valence electrons. The van der Waals surface area contributed by atoms with Crippen LogP contribution in [0.25, 0.3) is 10.8 Å². The third kappa shape index (κ3) is 2.27. The highest BCUT2D eigenvalue weighted by atomic mass is 32.1. The van der Waals surface area contributed by atoms with Gasteiger partial charge in [0.05, 0.1) is 4.62 Å². The van der Waals surface area contributed by atoms with Crippen LogP contribution < -0.4 is 9.14 Å². The molecule has 0 aliphatic rings. The second kappa shape index (κ2) is 5.09. The minimum absolute atomic E-state index is 0.570. The molecule has 2 aromatic carbocycles. The fourth-order valence-electron chi connectivity index (χ4n) is 1.92. The molecule has 0 bridgehead atoms. The Labute approximate surface area is 112 Å². The van der Waals surface area contributed by atoms with E-state index < -0.39 is 8.15 Å². The van der Waals surface area contributed by atoms with Crippen LogP contribution in [0, 0.1) is 0 Å². The molecule has 3 rings (SSSR count). The molecular weight excluding hydrogens is 259 g/mol. The van der Waals surface area contributed by atoms with Gasteiger partial charge in [-0.15, -0.1) is 11.3 Å². The lowest BCUT2D eigenvalue weighted by Crippen LogP contribution is -1.98. The van der Waals surface area contributed by atoms with Crippen molar-refractivity contribution in [2.75, 3.05) is 6.66 Å².